The number of methoxy groups -OCH3 is 1. The number of halogens is 2. The third-order valence-corrected chi connectivity index (χ3v) is 7.60. The van der Waals surface area contributed by atoms with Gasteiger partial charge in [0, 0.05) is 31.2 Å². The Hall–Kier alpha value is -2.10. The molecule has 7 nitrogen and oxygen atoms in total. The molecule has 0 atom stereocenters. The number of ether oxygens (including phenoxy) is 3. The molecule has 188 valence electrons. The van der Waals surface area contributed by atoms with Gasteiger partial charge in [-0.15, -0.1) is 0 Å². The van der Waals surface area contributed by atoms with Gasteiger partial charge >= 0.3 is 0 Å². The van der Waals surface area contributed by atoms with E-state index < -0.39 is 5.60 Å². The van der Waals surface area contributed by atoms with Crippen molar-refractivity contribution >= 4 is 55.8 Å². The summed E-state index contributed by atoms with van der Waals surface area (Å²) >= 11 is 13.8. The molecular formula is C25H29Cl2N3O4S. The van der Waals surface area contributed by atoms with Crippen LogP contribution in [0.4, 0.5) is 5.13 Å². The lowest BCUT2D eigenvalue weighted by Gasteiger charge is -2.32. The highest BCUT2D eigenvalue weighted by molar-refractivity contribution is 7.23. The topological polar surface area (TPSA) is 64.1 Å². The third-order valence-electron chi connectivity index (χ3n) is 5.80. The first-order valence-electron chi connectivity index (χ1n) is 11.5. The van der Waals surface area contributed by atoms with Crippen LogP contribution in [0.15, 0.2) is 36.4 Å². The number of fused-ring (bicyclic) bond motifs is 1. The largest absolute Gasteiger partial charge is 0.494 e. The second-order valence-corrected chi connectivity index (χ2v) is 10.6. The van der Waals surface area contributed by atoms with E-state index >= 15 is 0 Å². The Morgan fingerprint density at radius 2 is 1.89 bits per heavy atom. The summed E-state index contributed by atoms with van der Waals surface area (Å²) in [5.74, 6) is 0.989. The molecule has 0 N–H and O–H groups in total. The summed E-state index contributed by atoms with van der Waals surface area (Å²) in [5.41, 5.74) is -0.499. The van der Waals surface area contributed by atoms with Gasteiger partial charge in [0.1, 0.15) is 17.0 Å². The summed E-state index contributed by atoms with van der Waals surface area (Å²) in [5, 5.41) is 1.74. The molecule has 35 heavy (non-hydrogen) atoms. The van der Waals surface area contributed by atoms with Gasteiger partial charge in [-0.1, -0.05) is 34.5 Å². The van der Waals surface area contributed by atoms with Gasteiger partial charge in [0.25, 0.3) is 5.91 Å². The van der Waals surface area contributed by atoms with E-state index in [9.17, 15) is 4.79 Å². The summed E-state index contributed by atoms with van der Waals surface area (Å²) in [6, 6.07) is 10.5. The molecule has 10 heteroatoms. The molecule has 1 aliphatic rings. The van der Waals surface area contributed by atoms with Gasteiger partial charge in [-0.3, -0.25) is 14.6 Å². The van der Waals surface area contributed by atoms with Crippen molar-refractivity contribution < 1.29 is 19.0 Å². The molecule has 4 rings (SSSR count). The van der Waals surface area contributed by atoms with Crippen LogP contribution in [0.5, 0.6) is 11.5 Å². The molecule has 1 saturated heterocycles. The first-order chi connectivity index (χ1) is 16.8. The lowest BCUT2D eigenvalue weighted by Crippen LogP contribution is -2.50. The van der Waals surface area contributed by atoms with E-state index in [4.69, 9.17) is 42.4 Å². The lowest BCUT2D eigenvalue weighted by atomic mass is 10.1. The predicted molar refractivity (Wildman–Crippen MR) is 142 cm³/mol. The maximum atomic E-state index is 13.9. The number of carbonyl (C=O) groups is 1. The lowest BCUT2D eigenvalue weighted by molar-refractivity contribution is -0.131. The monoisotopic (exact) mass is 537 g/mol. The zero-order valence-corrected chi connectivity index (χ0v) is 22.4. The van der Waals surface area contributed by atoms with E-state index in [0.717, 1.165) is 44.0 Å². The van der Waals surface area contributed by atoms with Gasteiger partial charge in [0.05, 0.1) is 30.0 Å². The van der Waals surface area contributed by atoms with Crippen LogP contribution >= 0.6 is 34.5 Å². The average Bonchev–Trinajstić information content (AvgIpc) is 3.30. The number of hydrogen-bond acceptors (Lipinski definition) is 7. The van der Waals surface area contributed by atoms with Crippen molar-refractivity contribution in [2.24, 2.45) is 0 Å². The van der Waals surface area contributed by atoms with Gasteiger partial charge < -0.3 is 14.2 Å². The fourth-order valence-electron chi connectivity index (χ4n) is 3.95. The first kappa shape index (κ1) is 26.0. The summed E-state index contributed by atoms with van der Waals surface area (Å²) in [4.78, 5) is 22.7. The highest BCUT2D eigenvalue weighted by atomic mass is 35.5. The van der Waals surface area contributed by atoms with Crippen LogP contribution < -0.4 is 14.4 Å². The molecule has 0 spiro atoms. The first-order valence-corrected chi connectivity index (χ1v) is 13.1. The second kappa shape index (κ2) is 11.3. The Balaban J connectivity index is 1.61. The van der Waals surface area contributed by atoms with E-state index in [2.05, 4.69) is 4.90 Å². The Labute approximate surface area is 219 Å². The van der Waals surface area contributed by atoms with Gasteiger partial charge in [0.15, 0.2) is 10.7 Å². The van der Waals surface area contributed by atoms with Crippen LogP contribution in [0.25, 0.3) is 10.2 Å². The molecule has 0 aliphatic carbocycles. The third kappa shape index (κ3) is 6.19. The van der Waals surface area contributed by atoms with E-state index in [1.807, 2.05) is 0 Å². The Kier molecular flexibility index (Phi) is 8.39. The van der Waals surface area contributed by atoms with Crippen molar-refractivity contribution in [2.45, 2.75) is 25.9 Å². The van der Waals surface area contributed by atoms with Crippen LogP contribution in [-0.4, -0.2) is 67.9 Å². The Morgan fingerprint density at radius 3 is 2.57 bits per heavy atom. The van der Waals surface area contributed by atoms with E-state index in [1.54, 1.807) is 62.3 Å². The minimum atomic E-state index is -1.14. The fraction of sp³-hybridized carbons (Fsp3) is 0.440. The number of morpholine rings is 1. The van der Waals surface area contributed by atoms with Gasteiger partial charge in [-0.2, -0.15) is 0 Å². The summed E-state index contributed by atoms with van der Waals surface area (Å²) in [7, 11) is 1.59. The van der Waals surface area contributed by atoms with Crippen molar-refractivity contribution in [3.05, 3.63) is 46.4 Å². The zero-order valence-electron chi connectivity index (χ0n) is 20.1. The van der Waals surface area contributed by atoms with Crippen LogP contribution in [0.3, 0.4) is 0 Å². The minimum Gasteiger partial charge on any atom is -0.494 e. The molecule has 0 unspecified atom stereocenters. The van der Waals surface area contributed by atoms with Crippen LogP contribution in [0, 0.1) is 0 Å². The van der Waals surface area contributed by atoms with Gasteiger partial charge in [-0.05, 0) is 56.7 Å². The molecule has 1 aliphatic heterocycles. The maximum Gasteiger partial charge on any atom is 0.272 e. The van der Waals surface area contributed by atoms with Crippen molar-refractivity contribution in [3.63, 3.8) is 0 Å². The van der Waals surface area contributed by atoms with Crippen molar-refractivity contribution in [1.82, 2.24) is 9.88 Å². The van der Waals surface area contributed by atoms with Crippen LogP contribution in [0.1, 0.15) is 20.3 Å². The van der Waals surface area contributed by atoms with Crippen molar-refractivity contribution in [2.75, 3.05) is 51.4 Å². The molecule has 3 aromatic rings. The highest BCUT2D eigenvalue weighted by Crippen LogP contribution is 2.39. The number of nitrogens with zero attached hydrogens (tertiary/aromatic N) is 3. The number of hydrogen-bond donors (Lipinski definition) is 0. The molecule has 0 saturated carbocycles. The number of amides is 1. The molecule has 2 heterocycles. The average molecular weight is 538 g/mol. The Bertz CT molecular complexity index is 1160. The normalized spacial score (nSPS) is 14.8. The number of aromatic nitrogens is 1. The van der Waals surface area contributed by atoms with Crippen molar-refractivity contribution in [3.8, 4) is 11.5 Å². The number of thiazole rings is 1. The van der Waals surface area contributed by atoms with E-state index in [1.165, 1.54) is 11.3 Å². The number of carbonyl (C=O) groups excluding carboxylic acids is 1. The second-order valence-electron chi connectivity index (χ2n) is 8.75. The quantitative estimate of drug-likeness (QED) is 0.357. The smallest absolute Gasteiger partial charge is 0.272 e. The molecule has 2 aromatic carbocycles. The predicted octanol–water partition coefficient (Wildman–Crippen LogP) is 5.52. The number of benzene rings is 2. The van der Waals surface area contributed by atoms with E-state index in [-0.39, 0.29) is 5.91 Å². The maximum absolute atomic E-state index is 13.9. The SMILES string of the molecule is COc1ccc(Cl)c2sc(N(CCCN3CCOCC3)C(=O)C(C)(C)Oc3ccc(Cl)cc3)nc12. The minimum absolute atomic E-state index is 0.191. The molecule has 0 bridgehead atoms. The summed E-state index contributed by atoms with van der Waals surface area (Å²) < 4.78 is 17.8. The van der Waals surface area contributed by atoms with Gasteiger partial charge in [0.2, 0.25) is 0 Å². The highest BCUT2D eigenvalue weighted by Gasteiger charge is 2.36. The fourth-order valence-corrected chi connectivity index (χ4v) is 5.36. The zero-order chi connectivity index (χ0) is 25.0. The van der Waals surface area contributed by atoms with Crippen LogP contribution in [0.2, 0.25) is 10.0 Å². The number of rotatable bonds is 9. The summed E-state index contributed by atoms with van der Waals surface area (Å²) in [6.45, 7) is 8.14. The molecule has 1 amide bonds. The molecule has 1 aromatic heterocycles. The summed E-state index contributed by atoms with van der Waals surface area (Å²) in [6.07, 6.45) is 0.781. The Morgan fingerprint density at radius 1 is 1.17 bits per heavy atom. The molecular weight excluding hydrogens is 509 g/mol. The molecule has 1 fully saturated rings. The number of anilines is 1. The van der Waals surface area contributed by atoms with Gasteiger partial charge in [-0.25, -0.2) is 4.98 Å². The van der Waals surface area contributed by atoms with Crippen molar-refractivity contribution in [1.29, 1.82) is 0 Å². The van der Waals surface area contributed by atoms with E-state index in [0.29, 0.717) is 38.7 Å². The van der Waals surface area contributed by atoms with Crippen LogP contribution in [-0.2, 0) is 9.53 Å². The molecule has 0 radical (unpaired) electrons. The standard InChI is InChI=1S/C25H29Cl2N3O4S/c1-25(2,34-18-7-5-17(26)6-8-18)23(31)30(12-4-11-29-13-15-33-16-14-29)24-28-21-20(32-3)10-9-19(27)22(21)35-24/h5-10H,4,11-16H2,1-3H3.